The number of oxazole rings is 1. The first kappa shape index (κ1) is 17.0. The first-order valence-electron chi connectivity index (χ1n) is 8.07. The van der Waals surface area contributed by atoms with E-state index in [2.05, 4.69) is 10.3 Å². The fourth-order valence-electron chi connectivity index (χ4n) is 2.60. The number of aromatic nitrogens is 1. The first-order chi connectivity index (χ1) is 12.1. The van der Waals surface area contributed by atoms with Crippen LogP contribution in [0.15, 0.2) is 57.6 Å². The largest absolute Gasteiger partial charge is 0.468 e. The molecule has 3 aromatic rings. The first-order valence-corrected chi connectivity index (χ1v) is 8.07. The molecular weight excluding hydrogens is 318 g/mol. The third-order valence-corrected chi connectivity index (χ3v) is 3.98. The van der Waals surface area contributed by atoms with Gasteiger partial charge < -0.3 is 14.2 Å². The van der Waals surface area contributed by atoms with Crippen LogP contribution in [-0.2, 0) is 0 Å². The molecule has 25 heavy (non-hydrogen) atoms. The zero-order chi connectivity index (χ0) is 17.8. The van der Waals surface area contributed by atoms with Crippen molar-refractivity contribution in [1.29, 1.82) is 0 Å². The molecule has 1 amide bonds. The summed E-state index contributed by atoms with van der Waals surface area (Å²) >= 11 is 0. The number of hydrogen-bond donors (Lipinski definition) is 1. The Morgan fingerprint density at radius 2 is 1.96 bits per heavy atom. The zero-order valence-corrected chi connectivity index (χ0v) is 14.5. The van der Waals surface area contributed by atoms with E-state index >= 15 is 0 Å². The Morgan fingerprint density at radius 1 is 1.20 bits per heavy atom. The Morgan fingerprint density at radius 3 is 2.60 bits per heavy atom. The minimum absolute atomic E-state index is 0.0558. The van der Waals surface area contributed by atoms with Crippen LogP contribution in [0.5, 0.6) is 0 Å². The molecule has 1 unspecified atom stereocenters. The minimum atomic E-state index is -0.262. The van der Waals surface area contributed by atoms with Crippen LogP contribution >= 0.6 is 0 Å². The van der Waals surface area contributed by atoms with E-state index in [0.717, 1.165) is 11.3 Å². The molecule has 6 nitrogen and oxygen atoms in total. The molecule has 2 aromatic heterocycles. The third kappa shape index (κ3) is 3.80. The van der Waals surface area contributed by atoms with Gasteiger partial charge in [0.1, 0.15) is 11.5 Å². The van der Waals surface area contributed by atoms with Crippen molar-refractivity contribution in [3.05, 3.63) is 65.9 Å². The number of rotatable bonds is 6. The fraction of sp³-hybridized carbons (Fsp3) is 0.263. The Labute approximate surface area is 146 Å². The van der Waals surface area contributed by atoms with E-state index < -0.39 is 0 Å². The van der Waals surface area contributed by atoms with E-state index in [1.807, 2.05) is 61.5 Å². The summed E-state index contributed by atoms with van der Waals surface area (Å²) in [6.45, 7) is 2.15. The van der Waals surface area contributed by atoms with Gasteiger partial charge in [-0.2, -0.15) is 0 Å². The number of hydrogen-bond acceptors (Lipinski definition) is 5. The molecule has 6 heteroatoms. The standard InChI is InChI=1S/C19H21N3O3/c1-13-17(21-19(25-13)14-8-5-4-6-9-14)18(23)20-12-15(22(2)3)16-10-7-11-24-16/h4-11,15H,12H2,1-3H3,(H,20,23). The number of likely N-dealkylation sites (N-methyl/N-ethyl adjacent to an activating group) is 1. The maximum atomic E-state index is 12.5. The molecule has 130 valence electrons. The number of aryl methyl sites for hydroxylation is 1. The van der Waals surface area contributed by atoms with Crippen molar-refractivity contribution in [2.75, 3.05) is 20.6 Å². The van der Waals surface area contributed by atoms with Crippen molar-refractivity contribution in [1.82, 2.24) is 15.2 Å². The van der Waals surface area contributed by atoms with Crippen LogP contribution in [0.4, 0.5) is 0 Å². The maximum absolute atomic E-state index is 12.5. The van der Waals surface area contributed by atoms with Gasteiger partial charge in [-0.05, 0) is 45.3 Å². The second-order valence-corrected chi connectivity index (χ2v) is 5.99. The van der Waals surface area contributed by atoms with Crippen molar-refractivity contribution in [2.45, 2.75) is 13.0 Å². The summed E-state index contributed by atoms with van der Waals surface area (Å²) in [5.74, 6) is 1.48. The van der Waals surface area contributed by atoms with Gasteiger partial charge in [-0.3, -0.25) is 9.69 Å². The summed E-state index contributed by atoms with van der Waals surface area (Å²) in [4.78, 5) is 18.9. The molecule has 2 heterocycles. The lowest BCUT2D eigenvalue weighted by atomic mass is 10.2. The van der Waals surface area contributed by atoms with Gasteiger partial charge in [0, 0.05) is 12.1 Å². The molecule has 0 saturated carbocycles. The highest BCUT2D eigenvalue weighted by molar-refractivity contribution is 5.93. The molecule has 0 radical (unpaired) electrons. The van der Waals surface area contributed by atoms with Crippen LogP contribution in [-0.4, -0.2) is 36.4 Å². The molecule has 0 aliphatic heterocycles. The quantitative estimate of drug-likeness (QED) is 0.746. The Bertz CT molecular complexity index is 823. The van der Waals surface area contributed by atoms with E-state index in [4.69, 9.17) is 8.83 Å². The lowest BCUT2D eigenvalue weighted by molar-refractivity contribution is 0.0933. The molecule has 0 spiro atoms. The molecular formula is C19H21N3O3. The molecule has 0 aliphatic rings. The van der Waals surface area contributed by atoms with E-state index in [-0.39, 0.29) is 11.9 Å². The topological polar surface area (TPSA) is 71.5 Å². The lowest BCUT2D eigenvalue weighted by Gasteiger charge is -2.22. The molecule has 0 aliphatic carbocycles. The highest BCUT2D eigenvalue weighted by Crippen LogP contribution is 2.22. The van der Waals surface area contributed by atoms with Gasteiger partial charge in [0.05, 0.1) is 12.3 Å². The van der Waals surface area contributed by atoms with Gasteiger partial charge in [0.15, 0.2) is 5.69 Å². The molecule has 3 rings (SSSR count). The Balaban J connectivity index is 1.72. The predicted octanol–water partition coefficient (Wildman–Crippen LogP) is 3.28. The van der Waals surface area contributed by atoms with Crippen LogP contribution < -0.4 is 5.32 Å². The van der Waals surface area contributed by atoms with Crippen molar-refractivity contribution in [3.63, 3.8) is 0 Å². The predicted molar refractivity (Wildman–Crippen MR) is 94.1 cm³/mol. The smallest absolute Gasteiger partial charge is 0.273 e. The number of carbonyl (C=O) groups is 1. The number of nitrogens with one attached hydrogen (secondary N) is 1. The summed E-state index contributed by atoms with van der Waals surface area (Å²) in [7, 11) is 3.88. The van der Waals surface area contributed by atoms with Crippen molar-refractivity contribution < 1.29 is 13.6 Å². The van der Waals surface area contributed by atoms with Crippen molar-refractivity contribution in [3.8, 4) is 11.5 Å². The summed E-state index contributed by atoms with van der Waals surface area (Å²) in [5, 5.41) is 2.91. The maximum Gasteiger partial charge on any atom is 0.273 e. The van der Waals surface area contributed by atoms with Crippen LogP contribution in [0.1, 0.15) is 28.1 Å². The van der Waals surface area contributed by atoms with E-state index in [0.29, 0.717) is 23.9 Å². The van der Waals surface area contributed by atoms with E-state index in [9.17, 15) is 4.79 Å². The summed E-state index contributed by atoms with van der Waals surface area (Å²) in [6, 6.07) is 13.2. The molecule has 0 bridgehead atoms. The van der Waals surface area contributed by atoms with Crippen molar-refractivity contribution >= 4 is 5.91 Å². The highest BCUT2D eigenvalue weighted by Gasteiger charge is 2.21. The fourth-order valence-corrected chi connectivity index (χ4v) is 2.60. The molecule has 0 fully saturated rings. The average Bonchev–Trinajstić information content (AvgIpc) is 3.25. The van der Waals surface area contributed by atoms with E-state index in [1.165, 1.54) is 0 Å². The number of amides is 1. The number of furan rings is 1. The number of nitrogens with zero attached hydrogens (tertiary/aromatic N) is 2. The van der Waals surface area contributed by atoms with Gasteiger partial charge >= 0.3 is 0 Å². The summed E-state index contributed by atoms with van der Waals surface area (Å²) in [6.07, 6.45) is 1.63. The van der Waals surface area contributed by atoms with E-state index in [1.54, 1.807) is 13.2 Å². The lowest BCUT2D eigenvalue weighted by Crippen LogP contribution is -2.34. The highest BCUT2D eigenvalue weighted by atomic mass is 16.4. The molecule has 1 atom stereocenters. The van der Waals surface area contributed by atoms with Crippen LogP contribution in [0, 0.1) is 6.92 Å². The Hall–Kier alpha value is -2.86. The Kier molecular flexibility index (Phi) is 5.00. The van der Waals surface area contributed by atoms with Crippen LogP contribution in [0.2, 0.25) is 0 Å². The monoisotopic (exact) mass is 339 g/mol. The van der Waals surface area contributed by atoms with Gasteiger partial charge in [-0.25, -0.2) is 4.98 Å². The van der Waals surface area contributed by atoms with Crippen molar-refractivity contribution in [2.24, 2.45) is 0 Å². The molecule has 1 N–H and O–H groups in total. The minimum Gasteiger partial charge on any atom is -0.468 e. The van der Waals surface area contributed by atoms with Crippen LogP contribution in [0.3, 0.4) is 0 Å². The normalized spacial score (nSPS) is 12.3. The second-order valence-electron chi connectivity index (χ2n) is 5.99. The SMILES string of the molecule is Cc1oc(-c2ccccc2)nc1C(=O)NCC(c1ccco1)N(C)C. The van der Waals surface area contributed by atoms with Gasteiger partial charge in [0.2, 0.25) is 5.89 Å². The van der Waals surface area contributed by atoms with Gasteiger partial charge in [-0.15, -0.1) is 0 Å². The van der Waals surface area contributed by atoms with Gasteiger partial charge in [-0.1, -0.05) is 18.2 Å². The second kappa shape index (κ2) is 7.36. The molecule has 0 saturated heterocycles. The average molecular weight is 339 g/mol. The summed E-state index contributed by atoms with van der Waals surface area (Å²) in [5.41, 5.74) is 1.14. The number of benzene rings is 1. The number of carbonyl (C=O) groups excluding carboxylic acids is 1. The van der Waals surface area contributed by atoms with Crippen LogP contribution in [0.25, 0.3) is 11.5 Å². The molecule has 1 aromatic carbocycles. The van der Waals surface area contributed by atoms with Gasteiger partial charge in [0.25, 0.3) is 5.91 Å². The zero-order valence-electron chi connectivity index (χ0n) is 14.5. The third-order valence-electron chi connectivity index (χ3n) is 3.98. The summed E-state index contributed by atoms with van der Waals surface area (Å²) < 4.78 is 11.1.